The van der Waals surface area contributed by atoms with Crippen LogP contribution in [0.25, 0.3) is 0 Å². The van der Waals surface area contributed by atoms with Crippen LogP contribution in [0.15, 0.2) is 6.20 Å². The topological polar surface area (TPSA) is 62.3 Å². The molecule has 0 unspecified atom stereocenters. The zero-order valence-corrected chi connectivity index (χ0v) is 9.69. The lowest BCUT2D eigenvalue weighted by Gasteiger charge is -2.21. The molecular formula is C11H19N3O2. The van der Waals surface area contributed by atoms with Gasteiger partial charge in [-0.15, -0.1) is 0 Å². The summed E-state index contributed by atoms with van der Waals surface area (Å²) in [4.78, 5) is 0. The van der Waals surface area contributed by atoms with Gasteiger partial charge in [0.05, 0.1) is 6.20 Å². The first-order valence-corrected chi connectivity index (χ1v) is 5.75. The quantitative estimate of drug-likeness (QED) is 0.817. The fourth-order valence-corrected chi connectivity index (χ4v) is 2.02. The van der Waals surface area contributed by atoms with E-state index in [1.165, 1.54) is 0 Å². The molecule has 1 aromatic heterocycles. The van der Waals surface area contributed by atoms with Gasteiger partial charge in [0.2, 0.25) is 0 Å². The first kappa shape index (κ1) is 11.4. The summed E-state index contributed by atoms with van der Waals surface area (Å²) >= 11 is 0. The van der Waals surface area contributed by atoms with E-state index in [4.69, 9.17) is 15.2 Å². The van der Waals surface area contributed by atoms with Crippen LogP contribution in [0.3, 0.4) is 0 Å². The van der Waals surface area contributed by atoms with Crippen molar-refractivity contribution in [1.29, 1.82) is 0 Å². The predicted molar refractivity (Wildman–Crippen MR) is 60.6 cm³/mol. The zero-order chi connectivity index (χ0) is 11.4. The minimum Gasteiger partial charge on any atom is -0.489 e. The van der Waals surface area contributed by atoms with Crippen LogP contribution in [-0.4, -0.2) is 36.1 Å². The van der Waals surface area contributed by atoms with Gasteiger partial charge < -0.3 is 15.2 Å². The highest BCUT2D eigenvalue weighted by molar-refractivity contribution is 5.28. The van der Waals surface area contributed by atoms with E-state index in [0.717, 1.165) is 37.5 Å². The number of aryl methyl sites for hydroxylation is 1. The number of ether oxygens (including phenoxy) is 2. The Labute approximate surface area is 95.5 Å². The fraction of sp³-hybridized carbons (Fsp3) is 0.727. The van der Waals surface area contributed by atoms with Gasteiger partial charge in [-0.3, -0.25) is 4.68 Å². The molecule has 90 valence electrons. The Morgan fingerprint density at radius 1 is 1.56 bits per heavy atom. The van der Waals surface area contributed by atoms with Gasteiger partial charge in [-0.2, -0.15) is 5.10 Å². The third kappa shape index (κ3) is 2.54. The molecule has 1 aromatic rings. The van der Waals surface area contributed by atoms with Crippen LogP contribution in [0.1, 0.15) is 24.5 Å². The SMILES string of the molecule is Cn1cc(OCCN)c(C2CCOCC2)n1. The molecule has 2 N–H and O–H groups in total. The van der Waals surface area contributed by atoms with Gasteiger partial charge in [0.25, 0.3) is 0 Å². The minimum absolute atomic E-state index is 0.461. The third-order valence-electron chi connectivity index (χ3n) is 2.81. The van der Waals surface area contributed by atoms with E-state index in [2.05, 4.69) is 5.10 Å². The van der Waals surface area contributed by atoms with Crippen molar-refractivity contribution < 1.29 is 9.47 Å². The van der Waals surface area contributed by atoms with E-state index < -0.39 is 0 Å². The molecule has 5 nitrogen and oxygen atoms in total. The second-order valence-corrected chi connectivity index (χ2v) is 4.08. The fourth-order valence-electron chi connectivity index (χ4n) is 2.02. The highest BCUT2D eigenvalue weighted by Gasteiger charge is 2.22. The molecule has 0 saturated carbocycles. The van der Waals surface area contributed by atoms with Gasteiger partial charge in [-0.1, -0.05) is 0 Å². The summed E-state index contributed by atoms with van der Waals surface area (Å²) in [6, 6.07) is 0. The highest BCUT2D eigenvalue weighted by atomic mass is 16.5. The zero-order valence-electron chi connectivity index (χ0n) is 9.69. The standard InChI is InChI=1S/C11H19N3O2/c1-14-8-10(16-7-4-12)11(13-14)9-2-5-15-6-3-9/h8-9H,2-7,12H2,1H3. The molecule has 0 amide bonds. The summed E-state index contributed by atoms with van der Waals surface area (Å²) in [5.74, 6) is 1.34. The van der Waals surface area contributed by atoms with Crippen LogP contribution in [0.5, 0.6) is 5.75 Å². The molecule has 1 fully saturated rings. The Kier molecular flexibility index (Phi) is 3.79. The summed E-state index contributed by atoms with van der Waals surface area (Å²) in [5, 5.41) is 4.48. The van der Waals surface area contributed by atoms with Crippen molar-refractivity contribution in [3.63, 3.8) is 0 Å². The third-order valence-corrected chi connectivity index (χ3v) is 2.81. The highest BCUT2D eigenvalue weighted by Crippen LogP contribution is 2.32. The van der Waals surface area contributed by atoms with Crippen LogP contribution in [0.2, 0.25) is 0 Å². The second-order valence-electron chi connectivity index (χ2n) is 4.08. The predicted octanol–water partition coefficient (Wildman–Crippen LogP) is 0.652. The summed E-state index contributed by atoms with van der Waals surface area (Å²) in [7, 11) is 1.91. The molecule has 1 aliphatic rings. The van der Waals surface area contributed by atoms with Crippen molar-refractivity contribution >= 4 is 0 Å². The monoisotopic (exact) mass is 225 g/mol. The lowest BCUT2D eigenvalue weighted by atomic mass is 9.96. The molecule has 0 aliphatic carbocycles. The van der Waals surface area contributed by atoms with E-state index in [-0.39, 0.29) is 0 Å². The number of hydrogen-bond acceptors (Lipinski definition) is 4. The van der Waals surface area contributed by atoms with Gasteiger partial charge in [0.15, 0.2) is 5.75 Å². The number of nitrogens with two attached hydrogens (primary N) is 1. The average molecular weight is 225 g/mol. The number of rotatable bonds is 4. The largest absolute Gasteiger partial charge is 0.489 e. The lowest BCUT2D eigenvalue weighted by molar-refractivity contribution is 0.0837. The summed E-state index contributed by atoms with van der Waals surface area (Å²) in [6.07, 6.45) is 3.96. The molecule has 1 aliphatic heterocycles. The first-order valence-electron chi connectivity index (χ1n) is 5.75. The van der Waals surface area contributed by atoms with E-state index in [1.807, 2.05) is 13.2 Å². The van der Waals surface area contributed by atoms with E-state index in [1.54, 1.807) is 4.68 Å². The molecule has 5 heteroatoms. The molecule has 0 spiro atoms. The van der Waals surface area contributed by atoms with Gasteiger partial charge >= 0.3 is 0 Å². The maximum atomic E-state index is 5.61. The average Bonchev–Trinajstić information content (AvgIpc) is 2.69. The molecule has 0 radical (unpaired) electrons. The molecule has 16 heavy (non-hydrogen) atoms. The molecular weight excluding hydrogens is 206 g/mol. The minimum atomic E-state index is 0.461. The number of aromatic nitrogens is 2. The van der Waals surface area contributed by atoms with E-state index >= 15 is 0 Å². The number of hydrogen-bond donors (Lipinski definition) is 1. The molecule has 0 bridgehead atoms. The second kappa shape index (κ2) is 5.32. The summed E-state index contributed by atoms with van der Waals surface area (Å²) in [5.41, 5.74) is 6.49. The van der Waals surface area contributed by atoms with Crippen molar-refractivity contribution in [3.8, 4) is 5.75 Å². The van der Waals surface area contributed by atoms with Crippen LogP contribution < -0.4 is 10.5 Å². The van der Waals surface area contributed by atoms with E-state index in [0.29, 0.717) is 19.1 Å². The normalized spacial score (nSPS) is 17.6. The van der Waals surface area contributed by atoms with Gasteiger partial charge in [-0.25, -0.2) is 0 Å². The lowest BCUT2D eigenvalue weighted by Crippen LogP contribution is -2.16. The first-order chi connectivity index (χ1) is 7.81. The van der Waals surface area contributed by atoms with Crippen LogP contribution >= 0.6 is 0 Å². The van der Waals surface area contributed by atoms with E-state index in [9.17, 15) is 0 Å². The van der Waals surface area contributed by atoms with Crippen LogP contribution in [0.4, 0.5) is 0 Å². The molecule has 1 saturated heterocycles. The van der Waals surface area contributed by atoms with Crippen LogP contribution in [-0.2, 0) is 11.8 Å². The Morgan fingerprint density at radius 3 is 3.00 bits per heavy atom. The van der Waals surface area contributed by atoms with Crippen molar-refractivity contribution in [2.24, 2.45) is 12.8 Å². The molecule has 0 aromatic carbocycles. The maximum absolute atomic E-state index is 5.61. The Bertz CT molecular complexity index is 332. The van der Waals surface area contributed by atoms with Gasteiger partial charge in [0.1, 0.15) is 12.3 Å². The van der Waals surface area contributed by atoms with Crippen LogP contribution in [0, 0.1) is 0 Å². The van der Waals surface area contributed by atoms with Crippen molar-refractivity contribution in [2.45, 2.75) is 18.8 Å². The van der Waals surface area contributed by atoms with Crippen molar-refractivity contribution in [3.05, 3.63) is 11.9 Å². The molecule has 2 rings (SSSR count). The Hall–Kier alpha value is -1.07. The van der Waals surface area contributed by atoms with Gasteiger partial charge in [0, 0.05) is 32.7 Å². The number of nitrogens with zero attached hydrogens (tertiary/aromatic N) is 2. The molecule has 2 heterocycles. The van der Waals surface area contributed by atoms with Crippen molar-refractivity contribution in [2.75, 3.05) is 26.4 Å². The maximum Gasteiger partial charge on any atom is 0.160 e. The smallest absolute Gasteiger partial charge is 0.160 e. The van der Waals surface area contributed by atoms with Crippen molar-refractivity contribution in [1.82, 2.24) is 9.78 Å². The van der Waals surface area contributed by atoms with Gasteiger partial charge in [-0.05, 0) is 12.8 Å². The Morgan fingerprint density at radius 2 is 2.31 bits per heavy atom. The summed E-state index contributed by atoms with van der Waals surface area (Å²) in [6.45, 7) is 2.71. The Balaban J connectivity index is 2.10. The summed E-state index contributed by atoms with van der Waals surface area (Å²) < 4.78 is 12.8. The molecule has 0 atom stereocenters.